The molecule has 65 heavy (non-hydrogen) atoms. The second-order valence-electron chi connectivity index (χ2n) is 16.3. The number of phenols is 1. The average Bonchev–Trinajstić information content (AvgIpc) is 3.33. The van der Waals surface area contributed by atoms with Crippen LogP contribution in [0, 0.1) is 5.92 Å². The molecule has 0 radical (unpaired) electrons. The number of amides is 3. The molecule has 3 aliphatic heterocycles. The number of pyridine rings is 1. The van der Waals surface area contributed by atoms with Gasteiger partial charge in [-0.3, -0.25) is 9.69 Å². The topological polar surface area (TPSA) is 204 Å². The SMILES string of the molecule is O=C(NCCOC(=O)c1ccc(COc2cccc([C@@H](NC(=O)OC3CN4CCC3CC4)c3ccccc3)c2)cc1)Nc1ccc(CNCC(O)c2ccc(O)c3[nH]c(=O)ccc23)cc1. The Morgan fingerprint density at radius 2 is 1.58 bits per heavy atom. The predicted octanol–water partition coefficient (Wildman–Crippen LogP) is 6.52. The summed E-state index contributed by atoms with van der Waals surface area (Å²) in [6.07, 6.45) is 0.682. The molecule has 5 aromatic carbocycles. The standard InChI is InChI=1S/C50H52N6O9/c57-42-19-17-40(41-18-20-45(59)54-47(41)42)43(58)29-51-28-32-11-15-38(16-12-32)53-49(61)52-23-26-63-48(60)36-13-9-33(10-14-36)31-64-39-8-4-7-37(27-39)46(35-5-2-1-3-6-35)55-50(62)65-44-30-56-24-21-34(44)22-25-56/h1-20,27,34,43-44,46,51,57-58H,21-26,28-31H2,(H,54,59)(H,55,62)(H2,52,53,61)/t43?,44?,46-/m0/s1. The number of ether oxygens (including phenoxy) is 3. The maximum Gasteiger partial charge on any atom is 0.408 e. The number of nitrogens with zero attached hydrogens (tertiary/aromatic N) is 1. The fraction of sp³-hybridized carbons (Fsp3) is 0.280. The van der Waals surface area contributed by atoms with E-state index in [0.29, 0.717) is 40.4 Å². The normalized spacial score (nSPS) is 17.4. The number of rotatable bonds is 17. The number of nitrogens with one attached hydrogen (secondary N) is 5. The average molecular weight is 881 g/mol. The van der Waals surface area contributed by atoms with E-state index in [9.17, 15) is 29.4 Å². The van der Waals surface area contributed by atoms with Gasteiger partial charge in [-0.15, -0.1) is 0 Å². The molecule has 1 aromatic heterocycles. The van der Waals surface area contributed by atoms with Gasteiger partial charge in [0.05, 0.1) is 29.8 Å². The van der Waals surface area contributed by atoms with Crippen LogP contribution >= 0.6 is 0 Å². The van der Waals surface area contributed by atoms with Crippen molar-refractivity contribution >= 4 is 34.7 Å². The van der Waals surface area contributed by atoms with Crippen LogP contribution in [0.1, 0.15) is 63.2 Å². The van der Waals surface area contributed by atoms with Crippen LogP contribution < -0.4 is 31.6 Å². The molecule has 2 unspecified atom stereocenters. The molecule has 3 atom stereocenters. The number of aliphatic hydroxyl groups is 1. The molecule has 2 bridgehead atoms. The van der Waals surface area contributed by atoms with E-state index < -0.39 is 30.2 Å². The van der Waals surface area contributed by atoms with Crippen LogP contribution in [0.5, 0.6) is 11.5 Å². The first-order valence-electron chi connectivity index (χ1n) is 21.8. The number of aromatic hydroxyl groups is 1. The van der Waals surface area contributed by atoms with Gasteiger partial charge in [0, 0.05) is 36.8 Å². The lowest BCUT2D eigenvalue weighted by atomic mass is 9.86. The molecule has 3 saturated heterocycles. The van der Waals surface area contributed by atoms with Crippen molar-refractivity contribution in [3.8, 4) is 11.5 Å². The Morgan fingerprint density at radius 1 is 0.831 bits per heavy atom. The van der Waals surface area contributed by atoms with E-state index in [0.717, 1.165) is 54.7 Å². The van der Waals surface area contributed by atoms with E-state index in [2.05, 4.69) is 31.2 Å². The number of aliphatic hydroxyl groups excluding tert-OH is 1. The summed E-state index contributed by atoms with van der Waals surface area (Å²) in [7, 11) is 0. The monoisotopic (exact) mass is 880 g/mol. The number of fused-ring (bicyclic) bond motifs is 4. The molecular weight excluding hydrogens is 829 g/mol. The fourth-order valence-electron chi connectivity index (χ4n) is 8.31. The Kier molecular flexibility index (Phi) is 14.3. The smallest absolute Gasteiger partial charge is 0.408 e. The van der Waals surface area contributed by atoms with Gasteiger partial charge >= 0.3 is 18.1 Å². The van der Waals surface area contributed by atoms with Gasteiger partial charge < -0.3 is 50.7 Å². The van der Waals surface area contributed by atoms with Crippen LogP contribution in [-0.2, 0) is 22.6 Å². The molecule has 6 aromatic rings. The summed E-state index contributed by atoms with van der Waals surface area (Å²) in [5, 5.41) is 33.2. The third kappa shape index (κ3) is 11.7. The van der Waals surface area contributed by atoms with Crippen molar-refractivity contribution in [3.63, 3.8) is 0 Å². The number of anilines is 1. The molecule has 3 aliphatic rings. The lowest BCUT2D eigenvalue weighted by Crippen LogP contribution is -2.52. The van der Waals surface area contributed by atoms with E-state index in [-0.39, 0.29) is 49.2 Å². The molecule has 0 spiro atoms. The third-order valence-electron chi connectivity index (χ3n) is 11.8. The minimum Gasteiger partial charge on any atom is -0.506 e. The number of carbonyl (C=O) groups excluding carboxylic acids is 3. The van der Waals surface area contributed by atoms with E-state index in [4.69, 9.17) is 14.2 Å². The van der Waals surface area contributed by atoms with Gasteiger partial charge in [0.15, 0.2) is 0 Å². The van der Waals surface area contributed by atoms with Gasteiger partial charge in [0.1, 0.15) is 30.8 Å². The van der Waals surface area contributed by atoms with Crippen molar-refractivity contribution in [2.75, 3.05) is 44.6 Å². The number of aromatic nitrogens is 1. The lowest BCUT2D eigenvalue weighted by Gasteiger charge is -2.43. The predicted molar refractivity (Wildman–Crippen MR) is 245 cm³/mol. The lowest BCUT2D eigenvalue weighted by molar-refractivity contribution is -0.0336. The number of esters is 1. The van der Waals surface area contributed by atoms with Crippen LogP contribution in [0.4, 0.5) is 15.3 Å². The zero-order valence-electron chi connectivity index (χ0n) is 35.7. The van der Waals surface area contributed by atoms with Crippen LogP contribution in [0.25, 0.3) is 10.9 Å². The summed E-state index contributed by atoms with van der Waals surface area (Å²) < 4.78 is 17.5. The zero-order chi connectivity index (χ0) is 45.1. The van der Waals surface area contributed by atoms with E-state index in [1.54, 1.807) is 48.5 Å². The molecule has 0 aliphatic carbocycles. The minimum atomic E-state index is -0.890. The maximum absolute atomic E-state index is 13.2. The fourth-order valence-corrected chi connectivity index (χ4v) is 8.31. The number of H-pyrrole nitrogens is 1. The van der Waals surface area contributed by atoms with Crippen molar-refractivity contribution in [1.29, 1.82) is 0 Å². The summed E-state index contributed by atoms with van der Waals surface area (Å²) in [5.74, 6) is 0.433. The van der Waals surface area contributed by atoms with Gasteiger partial charge in [-0.25, -0.2) is 14.4 Å². The maximum atomic E-state index is 13.2. The summed E-state index contributed by atoms with van der Waals surface area (Å²) in [5.41, 5.74) is 4.95. The Bertz CT molecular complexity index is 2630. The Labute approximate surface area is 375 Å². The van der Waals surface area contributed by atoms with Crippen molar-refractivity contribution in [2.45, 2.75) is 44.2 Å². The zero-order valence-corrected chi connectivity index (χ0v) is 35.7. The van der Waals surface area contributed by atoms with Crippen molar-refractivity contribution in [2.24, 2.45) is 5.92 Å². The molecule has 3 fully saturated rings. The number of phenolic OH excluding ortho intramolecular Hbond substituents is 1. The Morgan fingerprint density at radius 3 is 2.34 bits per heavy atom. The third-order valence-corrected chi connectivity index (χ3v) is 11.8. The van der Waals surface area contributed by atoms with Crippen molar-refractivity contribution in [1.82, 2.24) is 25.8 Å². The molecule has 3 amide bonds. The quantitative estimate of drug-likeness (QED) is 0.0388. The number of aromatic amines is 1. The van der Waals surface area contributed by atoms with E-state index in [1.165, 1.54) is 12.1 Å². The minimum absolute atomic E-state index is 0.0297. The van der Waals surface area contributed by atoms with Crippen LogP contribution in [0.2, 0.25) is 0 Å². The van der Waals surface area contributed by atoms with Crippen molar-refractivity contribution in [3.05, 3.63) is 171 Å². The number of hydrogen-bond acceptors (Lipinski definition) is 11. The van der Waals surface area contributed by atoms with Crippen LogP contribution in [0.3, 0.4) is 0 Å². The molecule has 0 saturated carbocycles. The number of benzene rings is 5. The second-order valence-corrected chi connectivity index (χ2v) is 16.3. The van der Waals surface area contributed by atoms with Gasteiger partial charge in [0.2, 0.25) is 5.56 Å². The molecule has 9 rings (SSSR count). The molecule has 336 valence electrons. The van der Waals surface area contributed by atoms with Crippen molar-refractivity contribution < 1.29 is 38.8 Å². The molecule has 15 nitrogen and oxygen atoms in total. The highest BCUT2D eigenvalue weighted by Gasteiger charge is 2.37. The molecule has 4 heterocycles. The van der Waals surface area contributed by atoms with Gasteiger partial charge in [-0.05, 0) is 108 Å². The van der Waals surface area contributed by atoms with Gasteiger partial charge in [0.25, 0.3) is 0 Å². The number of urea groups is 1. The van der Waals surface area contributed by atoms with Crippen LogP contribution in [-0.4, -0.2) is 83.6 Å². The molecule has 7 N–H and O–H groups in total. The summed E-state index contributed by atoms with van der Waals surface area (Å²) in [6, 6.07) is 36.6. The second kappa shape index (κ2) is 21.0. The Hall–Kier alpha value is -7.20. The first kappa shape index (κ1) is 44.4. The Balaban J connectivity index is 0.742. The van der Waals surface area contributed by atoms with Crippen LogP contribution in [0.15, 0.2) is 132 Å². The number of alkyl carbamates (subject to hydrolysis) is 1. The highest BCUT2D eigenvalue weighted by molar-refractivity contribution is 5.90. The highest BCUT2D eigenvalue weighted by atomic mass is 16.6. The first-order chi connectivity index (χ1) is 31.6. The number of hydrogen-bond donors (Lipinski definition) is 7. The first-order valence-corrected chi connectivity index (χ1v) is 21.8. The molecular formula is C50H52N6O9. The van der Waals surface area contributed by atoms with E-state index in [1.807, 2.05) is 66.7 Å². The summed E-state index contributed by atoms with van der Waals surface area (Å²) >= 11 is 0. The van der Waals surface area contributed by atoms with E-state index >= 15 is 0 Å². The van der Waals surface area contributed by atoms with Gasteiger partial charge in [-0.2, -0.15) is 0 Å². The molecule has 15 heteroatoms. The number of piperidine rings is 3. The summed E-state index contributed by atoms with van der Waals surface area (Å²) in [6.45, 7) is 3.90. The highest BCUT2D eigenvalue weighted by Crippen LogP contribution is 2.32. The number of carbonyl (C=O) groups is 3. The van der Waals surface area contributed by atoms with Gasteiger partial charge in [-0.1, -0.05) is 72.8 Å². The summed E-state index contributed by atoms with van der Waals surface area (Å²) in [4.78, 5) is 55.1. The largest absolute Gasteiger partial charge is 0.506 e.